The molecule has 1 spiro atoms. The summed E-state index contributed by atoms with van der Waals surface area (Å²) in [6, 6.07) is 11.7. The van der Waals surface area contributed by atoms with E-state index in [2.05, 4.69) is 25.3 Å². The molecule has 1 aromatic carbocycles. The van der Waals surface area contributed by atoms with Crippen molar-refractivity contribution in [3.8, 4) is 0 Å². The van der Waals surface area contributed by atoms with E-state index in [0.29, 0.717) is 31.5 Å². The number of aromatic nitrogens is 1. The number of rotatable bonds is 2. The summed E-state index contributed by atoms with van der Waals surface area (Å²) >= 11 is 0. The summed E-state index contributed by atoms with van der Waals surface area (Å²) in [6.07, 6.45) is 4.72. The molecular formula is C23H27N3O3. The van der Waals surface area contributed by atoms with Crippen molar-refractivity contribution in [2.24, 2.45) is 0 Å². The summed E-state index contributed by atoms with van der Waals surface area (Å²) in [5, 5.41) is 0. The molecule has 152 valence electrons. The lowest BCUT2D eigenvalue weighted by atomic mass is 10.1. The van der Waals surface area contributed by atoms with E-state index >= 15 is 0 Å². The van der Waals surface area contributed by atoms with Crippen LogP contribution in [0.4, 0.5) is 0 Å². The minimum absolute atomic E-state index is 0.0173. The second kappa shape index (κ2) is 6.20. The molecule has 3 fully saturated rings. The standard InChI is InChI=1S/C23H27N3O3/c1-22(2,3)24-11-9-17(14-24)21(28)25-12-10-23-19(25)13-20(27)26(23)15-18(29-23)16-7-5-4-6-8-16/h4-9,11,14,18-19H,10,12-13,15H2,1-3H3/t18-,19+,23-/m0/s1. The Labute approximate surface area is 171 Å². The highest BCUT2D eigenvalue weighted by atomic mass is 16.5. The average Bonchev–Trinajstić information content (AvgIpc) is 3.43. The van der Waals surface area contributed by atoms with E-state index in [9.17, 15) is 9.59 Å². The number of carbonyl (C=O) groups is 2. The first-order chi connectivity index (χ1) is 13.8. The molecule has 0 unspecified atom stereocenters. The van der Waals surface area contributed by atoms with Crippen molar-refractivity contribution >= 4 is 11.8 Å². The number of ether oxygens (including phenoxy) is 1. The molecule has 2 amide bonds. The molecule has 0 aliphatic carbocycles. The van der Waals surface area contributed by atoms with Crippen LogP contribution in [-0.2, 0) is 15.1 Å². The van der Waals surface area contributed by atoms with Gasteiger partial charge in [-0.15, -0.1) is 0 Å². The SMILES string of the molecule is CC(C)(C)n1ccc(C(=O)N2CC[C@@]34O[C@H](c5ccccc5)CN3C(=O)C[C@@H]24)c1. The second-order valence-corrected chi connectivity index (χ2v) is 9.31. The summed E-state index contributed by atoms with van der Waals surface area (Å²) in [5.41, 5.74) is 0.984. The molecule has 0 radical (unpaired) electrons. The number of hydrogen-bond donors (Lipinski definition) is 0. The van der Waals surface area contributed by atoms with Crippen molar-refractivity contribution in [3.63, 3.8) is 0 Å². The molecule has 5 rings (SSSR count). The minimum Gasteiger partial charge on any atom is -0.348 e. The number of hydrogen-bond acceptors (Lipinski definition) is 3. The van der Waals surface area contributed by atoms with Crippen LogP contribution in [0.1, 0.15) is 55.6 Å². The van der Waals surface area contributed by atoms with E-state index in [1.165, 1.54) is 0 Å². The van der Waals surface area contributed by atoms with Crippen LogP contribution in [0, 0.1) is 0 Å². The highest BCUT2D eigenvalue weighted by molar-refractivity contribution is 5.95. The summed E-state index contributed by atoms with van der Waals surface area (Å²) in [7, 11) is 0. The maximum atomic E-state index is 13.3. The van der Waals surface area contributed by atoms with Gasteiger partial charge in [0.05, 0.1) is 24.6 Å². The van der Waals surface area contributed by atoms with E-state index < -0.39 is 5.72 Å². The molecule has 2 aromatic rings. The van der Waals surface area contributed by atoms with E-state index in [0.717, 1.165) is 5.56 Å². The fraction of sp³-hybridized carbons (Fsp3) is 0.478. The molecule has 6 heteroatoms. The van der Waals surface area contributed by atoms with E-state index in [1.807, 2.05) is 58.6 Å². The predicted octanol–water partition coefficient (Wildman–Crippen LogP) is 3.16. The Morgan fingerprint density at radius 2 is 1.93 bits per heavy atom. The van der Waals surface area contributed by atoms with Crippen LogP contribution in [0.15, 0.2) is 48.8 Å². The van der Waals surface area contributed by atoms with Gasteiger partial charge in [0.15, 0.2) is 5.72 Å². The lowest BCUT2D eigenvalue weighted by molar-refractivity contribution is -0.138. The van der Waals surface area contributed by atoms with Gasteiger partial charge in [-0.2, -0.15) is 0 Å². The lowest BCUT2D eigenvalue weighted by Crippen LogP contribution is -2.48. The fourth-order valence-electron chi connectivity index (χ4n) is 5.01. The molecule has 4 heterocycles. The Hall–Kier alpha value is -2.60. The molecular weight excluding hydrogens is 366 g/mol. The molecule has 6 nitrogen and oxygen atoms in total. The third-order valence-corrected chi connectivity index (χ3v) is 6.58. The van der Waals surface area contributed by atoms with Gasteiger partial charge in [0, 0.05) is 30.9 Å². The molecule has 0 saturated carbocycles. The Bertz CT molecular complexity index is 961. The van der Waals surface area contributed by atoms with E-state index in [1.54, 1.807) is 0 Å². The summed E-state index contributed by atoms with van der Waals surface area (Å²) in [6.45, 7) is 7.48. The fourth-order valence-corrected chi connectivity index (χ4v) is 5.01. The minimum atomic E-state index is -0.681. The maximum Gasteiger partial charge on any atom is 0.255 e. The summed E-state index contributed by atoms with van der Waals surface area (Å²) < 4.78 is 8.59. The van der Waals surface area contributed by atoms with Crippen molar-refractivity contribution in [2.75, 3.05) is 13.1 Å². The van der Waals surface area contributed by atoms with Crippen molar-refractivity contribution in [1.29, 1.82) is 0 Å². The largest absolute Gasteiger partial charge is 0.348 e. The third-order valence-electron chi connectivity index (χ3n) is 6.58. The van der Waals surface area contributed by atoms with Crippen LogP contribution in [0.3, 0.4) is 0 Å². The highest BCUT2D eigenvalue weighted by Gasteiger charge is 2.65. The van der Waals surface area contributed by atoms with Crippen LogP contribution in [0.5, 0.6) is 0 Å². The van der Waals surface area contributed by atoms with Crippen molar-refractivity contribution < 1.29 is 14.3 Å². The van der Waals surface area contributed by atoms with Crippen LogP contribution in [0.2, 0.25) is 0 Å². The van der Waals surface area contributed by atoms with Crippen LogP contribution < -0.4 is 0 Å². The van der Waals surface area contributed by atoms with Gasteiger partial charge in [0.25, 0.3) is 5.91 Å². The number of carbonyl (C=O) groups excluding carboxylic acids is 2. The van der Waals surface area contributed by atoms with Crippen LogP contribution in [-0.4, -0.2) is 51.0 Å². The zero-order chi connectivity index (χ0) is 20.4. The molecule has 1 aromatic heterocycles. The number of benzene rings is 1. The average molecular weight is 393 g/mol. The molecule has 3 aliphatic heterocycles. The molecule has 0 bridgehead atoms. The van der Waals surface area contributed by atoms with Gasteiger partial charge in [-0.1, -0.05) is 30.3 Å². The first kappa shape index (κ1) is 18.4. The first-order valence-electron chi connectivity index (χ1n) is 10.3. The smallest absolute Gasteiger partial charge is 0.255 e. The molecule has 0 N–H and O–H groups in total. The highest BCUT2D eigenvalue weighted by Crippen LogP contribution is 2.50. The number of amides is 2. The van der Waals surface area contributed by atoms with Crippen LogP contribution >= 0.6 is 0 Å². The zero-order valence-electron chi connectivity index (χ0n) is 17.2. The van der Waals surface area contributed by atoms with Crippen molar-refractivity contribution in [2.45, 2.75) is 57.0 Å². The molecule has 29 heavy (non-hydrogen) atoms. The Balaban J connectivity index is 1.41. The van der Waals surface area contributed by atoms with Gasteiger partial charge in [-0.25, -0.2) is 0 Å². The summed E-state index contributed by atoms with van der Waals surface area (Å²) in [5.74, 6) is 0.0643. The number of nitrogens with zero attached hydrogens (tertiary/aromatic N) is 3. The predicted molar refractivity (Wildman–Crippen MR) is 108 cm³/mol. The van der Waals surface area contributed by atoms with Crippen molar-refractivity contribution in [3.05, 3.63) is 59.9 Å². The van der Waals surface area contributed by atoms with Gasteiger partial charge in [-0.3, -0.25) is 9.59 Å². The Morgan fingerprint density at radius 3 is 2.62 bits per heavy atom. The topological polar surface area (TPSA) is 54.8 Å². The normalized spacial score (nSPS) is 28.7. The first-order valence-corrected chi connectivity index (χ1v) is 10.3. The lowest BCUT2D eigenvalue weighted by Gasteiger charge is -2.32. The molecule has 3 atom stereocenters. The summed E-state index contributed by atoms with van der Waals surface area (Å²) in [4.78, 5) is 29.8. The van der Waals surface area contributed by atoms with Crippen LogP contribution in [0.25, 0.3) is 0 Å². The Kier molecular flexibility index (Phi) is 3.94. The monoisotopic (exact) mass is 393 g/mol. The maximum absolute atomic E-state index is 13.3. The van der Waals surface area contributed by atoms with Gasteiger partial charge >= 0.3 is 0 Å². The quantitative estimate of drug-likeness (QED) is 0.788. The molecule has 3 saturated heterocycles. The van der Waals surface area contributed by atoms with E-state index in [4.69, 9.17) is 4.74 Å². The van der Waals surface area contributed by atoms with Gasteiger partial charge in [-0.05, 0) is 32.4 Å². The van der Waals surface area contributed by atoms with Crippen molar-refractivity contribution in [1.82, 2.24) is 14.4 Å². The second-order valence-electron chi connectivity index (χ2n) is 9.31. The van der Waals surface area contributed by atoms with Gasteiger partial charge < -0.3 is 19.1 Å². The van der Waals surface area contributed by atoms with Gasteiger partial charge in [0.2, 0.25) is 5.91 Å². The Morgan fingerprint density at radius 1 is 1.17 bits per heavy atom. The zero-order valence-corrected chi connectivity index (χ0v) is 17.2. The number of likely N-dealkylation sites (tertiary alicyclic amines) is 1. The molecule has 3 aliphatic rings. The van der Waals surface area contributed by atoms with E-state index in [-0.39, 0.29) is 29.5 Å². The van der Waals surface area contributed by atoms with Gasteiger partial charge in [0.1, 0.15) is 6.10 Å². The third kappa shape index (κ3) is 2.73.